The molecule has 1 heterocycles. The fourth-order valence-corrected chi connectivity index (χ4v) is 4.66. The molecule has 0 bridgehead atoms. The zero-order valence-corrected chi connectivity index (χ0v) is 16.9. The maximum Gasteiger partial charge on any atom is 0.343 e. The molecule has 27 heavy (non-hydrogen) atoms. The molecule has 1 aliphatic heterocycles. The minimum absolute atomic E-state index is 0.0209. The highest BCUT2D eigenvalue weighted by Crippen LogP contribution is 2.29. The van der Waals surface area contributed by atoms with Crippen LogP contribution in [0.4, 0.5) is 0 Å². The average molecular weight is 451 g/mol. The molecule has 1 aliphatic rings. The summed E-state index contributed by atoms with van der Waals surface area (Å²) in [7, 11) is -3.86. The van der Waals surface area contributed by atoms with E-state index in [2.05, 4.69) is 0 Å². The highest BCUT2D eigenvalue weighted by molar-refractivity contribution is 7.89. The van der Waals surface area contributed by atoms with Crippen LogP contribution < -0.4 is 4.74 Å². The molecule has 0 saturated carbocycles. The van der Waals surface area contributed by atoms with E-state index in [0.717, 1.165) is 0 Å². The molecule has 2 aromatic rings. The van der Waals surface area contributed by atoms with Gasteiger partial charge in [-0.25, -0.2) is 13.2 Å². The van der Waals surface area contributed by atoms with Gasteiger partial charge in [-0.3, -0.25) is 0 Å². The maximum atomic E-state index is 12.8. The second kappa shape index (κ2) is 8.34. The molecule has 3 rings (SSSR count). The number of carbonyl (C=O) groups excluding carboxylic acids is 1. The summed E-state index contributed by atoms with van der Waals surface area (Å²) in [6, 6.07) is 8.30. The Hall–Kier alpha value is -1.35. The topological polar surface area (TPSA) is 72.9 Å². The highest BCUT2D eigenvalue weighted by atomic mass is 35.5. The predicted molar refractivity (Wildman–Crippen MR) is 102 cm³/mol. The molecule has 0 N–H and O–H groups in total. The van der Waals surface area contributed by atoms with Gasteiger partial charge in [0.2, 0.25) is 10.0 Å². The van der Waals surface area contributed by atoms with Crippen molar-refractivity contribution in [3.05, 3.63) is 57.0 Å². The molecule has 0 radical (unpaired) electrons. The van der Waals surface area contributed by atoms with Gasteiger partial charge in [0.25, 0.3) is 0 Å². The number of carbonyl (C=O) groups is 1. The number of rotatable bonds is 4. The van der Waals surface area contributed by atoms with Gasteiger partial charge in [0.15, 0.2) is 0 Å². The van der Waals surface area contributed by atoms with E-state index >= 15 is 0 Å². The van der Waals surface area contributed by atoms with Gasteiger partial charge in [-0.2, -0.15) is 4.31 Å². The lowest BCUT2D eigenvalue weighted by atomic mass is 10.2. The van der Waals surface area contributed by atoms with Crippen LogP contribution in [0.3, 0.4) is 0 Å². The Labute approximate surface area is 171 Å². The quantitative estimate of drug-likeness (QED) is 0.522. The number of sulfonamides is 1. The first-order valence-corrected chi connectivity index (χ1v) is 10.4. The molecule has 2 aromatic carbocycles. The van der Waals surface area contributed by atoms with E-state index in [0.29, 0.717) is 18.2 Å². The van der Waals surface area contributed by atoms with E-state index in [1.165, 1.54) is 40.7 Å². The van der Waals surface area contributed by atoms with Crippen LogP contribution in [0.5, 0.6) is 5.75 Å². The standard InChI is InChI=1S/C17H14Cl3NO5S/c18-13-4-2-12(10-15(13)20)26-17(22)11-1-3-14(19)16(9-11)27(23,24)21-5-7-25-8-6-21/h1-4,9-10H,5-8H2. The van der Waals surface area contributed by atoms with Gasteiger partial charge in [0, 0.05) is 19.2 Å². The van der Waals surface area contributed by atoms with Gasteiger partial charge >= 0.3 is 5.97 Å². The number of benzene rings is 2. The summed E-state index contributed by atoms with van der Waals surface area (Å²) in [5.41, 5.74) is 0.0392. The number of esters is 1. The lowest BCUT2D eigenvalue weighted by Crippen LogP contribution is -2.40. The molecule has 6 nitrogen and oxygen atoms in total. The first-order valence-electron chi connectivity index (χ1n) is 7.84. The largest absolute Gasteiger partial charge is 0.423 e. The van der Waals surface area contributed by atoms with Crippen molar-refractivity contribution in [2.24, 2.45) is 0 Å². The van der Waals surface area contributed by atoms with Gasteiger partial charge < -0.3 is 9.47 Å². The molecule has 0 aliphatic carbocycles. The molecule has 0 spiro atoms. The molecule has 1 fully saturated rings. The van der Waals surface area contributed by atoms with Crippen LogP contribution in [0.2, 0.25) is 15.1 Å². The minimum atomic E-state index is -3.86. The van der Waals surface area contributed by atoms with Crippen molar-refractivity contribution >= 4 is 50.8 Å². The Bertz CT molecular complexity index is 975. The molecule has 1 saturated heterocycles. The van der Waals surface area contributed by atoms with Crippen molar-refractivity contribution in [2.75, 3.05) is 26.3 Å². The van der Waals surface area contributed by atoms with Crippen molar-refractivity contribution in [2.45, 2.75) is 4.90 Å². The maximum absolute atomic E-state index is 12.8. The summed E-state index contributed by atoms with van der Waals surface area (Å²) < 4.78 is 37.3. The third kappa shape index (κ3) is 4.56. The van der Waals surface area contributed by atoms with Crippen molar-refractivity contribution in [3.8, 4) is 5.75 Å². The second-order valence-corrected chi connectivity index (χ2v) is 8.76. The summed E-state index contributed by atoms with van der Waals surface area (Å²) in [5.74, 6) is -0.564. The zero-order chi connectivity index (χ0) is 19.6. The van der Waals surface area contributed by atoms with Gasteiger partial charge in [-0.15, -0.1) is 0 Å². The smallest absolute Gasteiger partial charge is 0.343 e. The van der Waals surface area contributed by atoms with Crippen LogP contribution >= 0.6 is 34.8 Å². The van der Waals surface area contributed by atoms with Crippen LogP contribution in [0.15, 0.2) is 41.3 Å². The first kappa shape index (κ1) is 20.4. The molecular weight excluding hydrogens is 437 g/mol. The minimum Gasteiger partial charge on any atom is -0.423 e. The molecule has 0 unspecified atom stereocenters. The molecule has 10 heteroatoms. The number of hydrogen-bond acceptors (Lipinski definition) is 5. The summed E-state index contributed by atoms with van der Waals surface area (Å²) in [5, 5.41) is 0.572. The fourth-order valence-electron chi connectivity index (χ4n) is 2.46. The Morgan fingerprint density at radius 1 is 0.963 bits per heavy atom. The molecule has 0 amide bonds. The first-order chi connectivity index (χ1) is 12.8. The van der Waals surface area contributed by atoms with Crippen LogP contribution in [-0.4, -0.2) is 45.0 Å². The van der Waals surface area contributed by atoms with Crippen LogP contribution in [0.1, 0.15) is 10.4 Å². The third-order valence-corrected chi connectivity index (χ3v) is 6.98. The Kier molecular flexibility index (Phi) is 6.30. The normalized spacial score (nSPS) is 15.5. The summed E-state index contributed by atoms with van der Waals surface area (Å²) >= 11 is 17.8. The number of morpholine rings is 1. The van der Waals surface area contributed by atoms with Crippen LogP contribution in [-0.2, 0) is 14.8 Å². The lowest BCUT2D eigenvalue weighted by molar-refractivity contribution is 0.0727. The number of nitrogens with zero attached hydrogens (tertiary/aromatic N) is 1. The van der Waals surface area contributed by atoms with Gasteiger partial charge in [0.1, 0.15) is 10.6 Å². The number of ether oxygens (including phenoxy) is 2. The lowest BCUT2D eigenvalue weighted by Gasteiger charge is -2.26. The molecule has 0 aromatic heterocycles. The van der Waals surface area contributed by atoms with Crippen molar-refractivity contribution in [1.82, 2.24) is 4.31 Å². The van der Waals surface area contributed by atoms with E-state index in [1.54, 1.807) is 0 Å². The Morgan fingerprint density at radius 3 is 2.30 bits per heavy atom. The Balaban J connectivity index is 1.88. The second-order valence-electron chi connectivity index (χ2n) is 5.63. The predicted octanol–water partition coefficient (Wildman–Crippen LogP) is 3.89. The number of hydrogen-bond donors (Lipinski definition) is 0. The molecule has 144 valence electrons. The van der Waals surface area contributed by atoms with Crippen molar-refractivity contribution in [3.63, 3.8) is 0 Å². The van der Waals surface area contributed by atoms with Gasteiger partial charge in [-0.05, 0) is 30.3 Å². The highest BCUT2D eigenvalue weighted by Gasteiger charge is 2.29. The Morgan fingerprint density at radius 2 is 1.63 bits per heavy atom. The monoisotopic (exact) mass is 449 g/mol. The van der Waals surface area contributed by atoms with Crippen molar-refractivity contribution in [1.29, 1.82) is 0 Å². The van der Waals surface area contributed by atoms with E-state index < -0.39 is 16.0 Å². The van der Waals surface area contributed by atoms with Gasteiger partial charge in [-0.1, -0.05) is 34.8 Å². The third-order valence-electron chi connectivity index (χ3n) is 3.86. The summed E-state index contributed by atoms with van der Waals surface area (Å²) in [6.45, 7) is 1.04. The summed E-state index contributed by atoms with van der Waals surface area (Å²) in [4.78, 5) is 12.2. The van der Waals surface area contributed by atoms with Crippen molar-refractivity contribution < 1.29 is 22.7 Å². The number of halogens is 3. The SMILES string of the molecule is O=C(Oc1ccc(Cl)c(Cl)c1)c1ccc(Cl)c(S(=O)(=O)N2CCOCC2)c1. The fraction of sp³-hybridized carbons (Fsp3) is 0.235. The van der Waals surface area contributed by atoms with Gasteiger partial charge in [0.05, 0.1) is 33.8 Å². The summed E-state index contributed by atoms with van der Waals surface area (Å²) in [6.07, 6.45) is 0. The molecular formula is C17H14Cl3NO5S. The van der Waals surface area contributed by atoms with E-state index in [-0.39, 0.29) is 39.3 Å². The van der Waals surface area contributed by atoms with Crippen LogP contribution in [0.25, 0.3) is 0 Å². The average Bonchev–Trinajstić information content (AvgIpc) is 2.65. The van der Waals surface area contributed by atoms with E-state index in [4.69, 9.17) is 44.3 Å². The van der Waals surface area contributed by atoms with Crippen LogP contribution in [0, 0.1) is 0 Å². The molecule has 0 atom stereocenters. The van der Waals surface area contributed by atoms with E-state index in [9.17, 15) is 13.2 Å². The van der Waals surface area contributed by atoms with E-state index in [1.807, 2.05) is 0 Å². The zero-order valence-electron chi connectivity index (χ0n) is 13.8.